The van der Waals surface area contributed by atoms with Gasteiger partial charge < -0.3 is 24.2 Å². The molecular weight excluding hydrogens is 671 g/mol. The van der Waals surface area contributed by atoms with Gasteiger partial charge in [-0.2, -0.15) is 0 Å². The van der Waals surface area contributed by atoms with Crippen LogP contribution in [-0.4, -0.2) is 65.7 Å². The summed E-state index contributed by atoms with van der Waals surface area (Å²) in [5.74, 6) is -1.24. The second kappa shape index (κ2) is 16.2. The molecular formula is C43H55NO7Si. The molecule has 2 amide bonds. The van der Waals surface area contributed by atoms with Gasteiger partial charge in [-0.05, 0) is 83.8 Å². The van der Waals surface area contributed by atoms with Crippen LogP contribution in [0.25, 0.3) is 6.08 Å². The topological polar surface area (TPSA) is 120 Å². The summed E-state index contributed by atoms with van der Waals surface area (Å²) in [6.45, 7) is 8.27. The van der Waals surface area contributed by atoms with Gasteiger partial charge in [-0.15, -0.1) is 0 Å². The van der Waals surface area contributed by atoms with Crippen LogP contribution < -0.4 is 10.4 Å². The van der Waals surface area contributed by atoms with Crippen LogP contribution >= 0.6 is 0 Å². The molecule has 2 aromatic carbocycles. The molecule has 0 radical (unpaired) electrons. The highest BCUT2D eigenvalue weighted by atomic mass is 28.4. The minimum Gasteiger partial charge on any atom is -0.459 e. The van der Waals surface area contributed by atoms with Crippen molar-refractivity contribution in [1.82, 2.24) is 4.90 Å². The zero-order valence-corrected chi connectivity index (χ0v) is 32.1. The van der Waals surface area contributed by atoms with Gasteiger partial charge in [-0.1, -0.05) is 106 Å². The number of furan rings is 1. The maximum absolute atomic E-state index is 14.2. The summed E-state index contributed by atoms with van der Waals surface area (Å²) in [5, 5.41) is 34.6. The number of rotatable bonds is 13. The SMILES string of the molecule is C/C(=C\c1ccc(CO)o1)CC[C@@H](O)C1=C(CO[Si](c2ccccc2)(c2ccccc2)C(C)(C)C)C[C@H]2C(=O)N(C3CCCCC3)C(=O)[C@H]2[C@H]1CO. The summed E-state index contributed by atoms with van der Waals surface area (Å²) in [5.41, 5.74) is 2.43. The lowest BCUT2D eigenvalue weighted by Crippen LogP contribution is -2.66. The quantitative estimate of drug-likeness (QED) is 0.110. The number of benzene rings is 2. The lowest BCUT2D eigenvalue weighted by molar-refractivity contribution is -0.143. The summed E-state index contributed by atoms with van der Waals surface area (Å²) >= 11 is 0. The molecule has 2 fully saturated rings. The highest BCUT2D eigenvalue weighted by Crippen LogP contribution is 2.48. The van der Waals surface area contributed by atoms with Gasteiger partial charge in [0.1, 0.15) is 18.1 Å². The Hall–Kier alpha value is -3.60. The van der Waals surface area contributed by atoms with Crippen LogP contribution in [0.1, 0.15) is 90.6 Å². The van der Waals surface area contributed by atoms with Crippen molar-refractivity contribution in [2.75, 3.05) is 13.2 Å². The Morgan fingerprint density at radius 1 is 0.942 bits per heavy atom. The molecule has 1 aromatic heterocycles. The monoisotopic (exact) mass is 725 g/mol. The van der Waals surface area contributed by atoms with E-state index in [1.54, 1.807) is 12.1 Å². The molecule has 3 N–H and O–H groups in total. The first-order valence-corrected chi connectivity index (χ1v) is 20.9. The number of aliphatic hydroxyl groups is 3. The normalized spacial score (nSPS) is 22.6. The number of carbonyl (C=O) groups is 2. The number of hydrogen-bond acceptors (Lipinski definition) is 7. The minimum atomic E-state index is -2.99. The van der Waals surface area contributed by atoms with Crippen LogP contribution in [0.2, 0.25) is 5.04 Å². The van der Waals surface area contributed by atoms with Crippen molar-refractivity contribution in [1.29, 1.82) is 0 Å². The first-order valence-electron chi connectivity index (χ1n) is 19.0. The lowest BCUT2D eigenvalue weighted by atomic mass is 9.68. The smallest absolute Gasteiger partial charge is 0.261 e. The van der Waals surface area contributed by atoms with E-state index in [9.17, 15) is 24.9 Å². The van der Waals surface area contributed by atoms with E-state index in [0.29, 0.717) is 36.4 Å². The van der Waals surface area contributed by atoms with Gasteiger partial charge in [0.2, 0.25) is 11.8 Å². The largest absolute Gasteiger partial charge is 0.459 e. The molecule has 0 bridgehead atoms. The predicted octanol–water partition coefficient (Wildman–Crippen LogP) is 6.14. The van der Waals surface area contributed by atoms with Gasteiger partial charge in [0, 0.05) is 12.0 Å². The van der Waals surface area contributed by atoms with Crippen LogP contribution in [0, 0.1) is 17.8 Å². The van der Waals surface area contributed by atoms with Crippen molar-refractivity contribution in [2.45, 2.75) is 103 Å². The predicted molar refractivity (Wildman–Crippen MR) is 205 cm³/mol. The van der Waals surface area contributed by atoms with Crippen LogP contribution in [0.5, 0.6) is 0 Å². The number of carbonyl (C=O) groups excluding carboxylic acids is 2. The molecule has 278 valence electrons. The second-order valence-corrected chi connectivity index (χ2v) is 20.3. The summed E-state index contributed by atoms with van der Waals surface area (Å²) < 4.78 is 13.0. The molecule has 9 heteroatoms. The zero-order chi connectivity index (χ0) is 37.0. The van der Waals surface area contributed by atoms with E-state index in [1.165, 1.54) is 4.90 Å². The van der Waals surface area contributed by atoms with Crippen molar-refractivity contribution in [3.05, 3.63) is 101 Å². The summed E-state index contributed by atoms with van der Waals surface area (Å²) in [7, 11) is -2.99. The number of hydrogen-bond donors (Lipinski definition) is 3. The van der Waals surface area contributed by atoms with E-state index in [1.807, 2.05) is 49.4 Å². The Morgan fingerprint density at radius 3 is 2.13 bits per heavy atom. The molecule has 1 saturated carbocycles. The number of imide groups is 1. The number of fused-ring (bicyclic) bond motifs is 1. The Balaban J connectivity index is 1.39. The first kappa shape index (κ1) is 38.1. The van der Waals surface area contributed by atoms with Crippen molar-refractivity contribution in [2.24, 2.45) is 17.8 Å². The number of likely N-dealkylation sites (tertiary alicyclic amines) is 1. The fraction of sp³-hybridized carbons (Fsp3) is 0.488. The van der Waals surface area contributed by atoms with E-state index in [4.69, 9.17) is 8.84 Å². The summed E-state index contributed by atoms with van der Waals surface area (Å²) in [6.07, 6.45) is 6.86. The zero-order valence-electron chi connectivity index (χ0n) is 31.1. The first-order chi connectivity index (χ1) is 25.0. The standard InChI is InChI=1S/C43H55NO7Si/c1-29(24-32-21-22-33(26-45)51-32)20-23-38(47)39-30(25-36-40(37(39)27-46)42(49)44(41(36)48)31-14-8-5-9-15-31)28-50-52(43(2,3)4,34-16-10-6-11-17-34)35-18-12-7-13-19-35/h6-7,10-13,16-19,21-22,24,31,36-38,40,45-47H,5,8-9,14-15,20,23,25-28H2,1-4H3/b29-24+/t36-,37+,38-,40-/m1/s1. The van der Waals surface area contributed by atoms with Crippen LogP contribution in [0.15, 0.2) is 93.9 Å². The average Bonchev–Trinajstić information content (AvgIpc) is 3.71. The molecule has 4 atom stereocenters. The molecule has 1 saturated heterocycles. The molecule has 3 aromatic rings. The maximum atomic E-state index is 14.2. The highest BCUT2D eigenvalue weighted by Gasteiger charge is 2.57. The Kier molecular flexibility index (Phi) is 11.9. The Morgan fingerprint density at radius 2 is 1.58 bits per heavy atom. The van der Waals surface area contributed by atoms with Gasteiger partial charge in [0.05, 0.1) is 31.2 Å². The third-order valence-corrected chi connectivity index (χ3v) is 16.6. The molecule has 2 heterocycles. The maximum Gasteiger partial charge on any atom is 0.261 e. The van der Waals surface area contributed by atoms with Gasteiger partial charge in [0.15, 0.2) is 0 Å². The van der Waals surface area contributed by atoms with E-state index in [2.05, 4.69) is 45.0 Å². The van der Waals surface area contributed by atoms with Crippen LogP contribution in [-0.2, 0) is 20.6 Å². The van der Waals surface area contributed by atoms with Crippen molar-refractivity contribution in [3.63, 3.8) is 0 Å². The minimum absolute atomic E-state index is 0.107. The Labute approximate surface area is 309 Å². The third-order valence-electron chi connectivity index (χ3n) is 11.6. The third kappa shape index (κ3) is 7.44. The van der Waals surface area contributed by atoms with Crippen LogP contribution in [0.3, 0.4) is 0 Å². The molecule has 0 unspecified atom stereocenters. The molecule has 8 nitrogen and oxygen atoms in total. The molecule has 1 aliphatic heterocycles. The molecule has 2 aliphatic carbocycles. The molecule has 52 heavy (non-hydrogen) atoms. The van der Waals surface area contributed by atoms with E-state index in [0.717, 1.165) is 53.6 Å². The summed E-state index contributed by atoms with van der Waals surface area (Å²) in [4.78, 5) is 30.0. The fourth-order valence-corrected chi connectivity index (χ4v) is 13.7. The van der Waals surface area contributed by atoms with E-state index in [-0.39, 0.29) is 42.7 Å². The number of allylic oxidation sites excluding steroid dienone is 1. The molecule has 6 rings (SSSR count). The second-order valence-electron chi connectivity index (χ2n) is 16.0. The van der Waals surface area contributed by atoms with Gasteiger partial charge in [-0.3, -0.25) is 14.5 Å². The van der Waals surface area contributed by atoms with Crippen molar-refractivity contribution in [3.8, 4) is 0 Å². The van der Waals surface area contributed by atoms with Gasteiger partial charge in [-0.25, -0.2) is 0 Å². The average molecular weight is 726 g/mol. The van der Waals surface area contributed by atoms with E-state index >= 15 is 0 Å². The number of nitrogens with zero attached hydrogens (tertiary/aromatic N) is 1. The Bertz CT molecular complexity index is 1710. The number of aliphatic hydroxyl groups excluding tert-OH is 3. The molecule has 3 aliphatic rings. The number of amides is 2. The highest BCUT2D eigenvalue weighted by molar-refractivity contribution is 6.99. The van der Waals surface area contributed by atoms with Crippen LogP contribution in [0.4, 0.5) is 0 Å². The molecule has 0 spiro atoms. The van der Waals surface area contributed by atoms with Crippen molar-refractivity contribution < 1.29 is 33.8 Å². The van der Waals surface area contributed by atoms with E-state index < -0.39 is 32.2 Å². The lowest BCUT2D eigenvalue weighted by Gasteiger charge is -2.44. The fourth-order valence-electron chi connectivity index (χ4n) is 9.16. The summed E-state index contributed by atoms with van der Waals surface area (Å²) in [6, 6.07) is 24.2. The van der Waals surface area contributed by atoms with Gasteiger partial charge in [0.25, 0.3) is 8.32 Å². The van der Waals surface area contributed by atoms with Gasteiger partial charge >= 0.3 is 0 Å². The van der Waals surface area contributed by atoms with Crippen molar-refractivity contribution >= 4 is 36.6 Å².